The smallest absolute Gasteiger partial charge is 0.220 e. The molecular weight excluding hydrogens is 152 g/mol. The molecule has 0 aromatic carbocycles. The third-order valence-electron chi connectivity index (χ3n) is 2.93. The fourth-order valence-corrected chi connectivity index (χ4v) is 2.21. The van der Waals surface area contributed by atoms with Crippen molar-refractivity contribution in [2.45, 2.75) is 31.7 Å². The van der Waals surface area contributed by atoms with Crippen LogP contribution >= 0.6 is 0 Å². The van der Waals surface area contributed by atoms with Gasteiger partial charge in [0.15, 0.2) is 0 Å². The van der Waals surface area contributed by atoms with E-state index >= 15 is 0 Å². The predicted molar refractivity (Wildman–Crippen MR) is 46.8 cm³/mol. The van der Waals surface area contributed by atoms with Crippen LogP contribution in [0.5, 0.6) is 0 Å². The molecule has 12 heavy (non-hydrogen) atoms. The Morgan fingerprint density at radius 2 is 2.25 bits per heavy atom. The van der Waals surface area contributed by atoms with Gasteiger partial charge in [0.05, 0.1) is 0 Å². The molecule has 2 rings (SSSR count). The first-order valence-corrected chi connectivity index (χ1v) is 4.86. The first-order chi connectivity index (χ1) is 5.86. The van der Waals surface area contributed by atoms with Crippen LogP contribution in [-0.2, 0) is 4.79 Å². The third-order valence-corrected chi connectivity index (χ3v) is 2.93. The van der Waals surface area contributed by atoms with Crippen LogP contribution in [0.4, 0.5) is 0 Å². The summed E-state index contributed by atoms with van der Waals surface area (Å²) in [6.07, 6.45) is 4.32. The monoisotopic (exact) mass is 168 g/mol. The molecule has 0 spiro atoms. The zero-order valence-electron chi connectivity index (χ0n) is 7.31. The molecule has 0 saturated carbocycles. The lowest BCUT2D eigenvalue weighted by molar-refractivity contribution is -0.119. The van der Waals surface area contributed by atoms with E-state index in [1.54, 1.807) is 0 Å². The molecule has 0 aromatic rings. The molecule has 0 bridgehead atoms. The number of carbonyl (C=O) groups excluding carboxylic acids is 1. The van der Waals surface area contributed by atoms with Crippen molar-refractivity contribution in [3.8, 4) is 0 Å². The zero-order valence-corrected chi connectivity index (χ0v) is 7.31. The molecule has 2 heterocycles. The highest BCUT2D eigenvalue weighted by Crippen LogP contribution is 2.21. The highest BCUT2D eigenvalue weighted by atomic mass is 16.1. The number of amides is 1. The van der Waals surface area contributed by atoms with Crippen molar-refractivity contribution < 1.29 is 4.79 Å². The Balaban J connectivity index is 1.86. The second kappa shape index (κ2) is 3.44. The number of piperidine rings is 1. The molecule has 2 atom stereocenters. The van der Waals surface area contributed by atoms with Gasteiger partial charge in [-0.15, -0.1) is 0 Å². The van der Waals surface area contributed by atoms with Gasteiger partial charge in [0.25, 0.3) is 0 Å². The Morgan fingerprint density at radius 3 is 2.83 bits per heavy atom. The van der Waals surface area contributed by atoms with E-state index in [-0.39, 0.29) is 5.91 Å². The molecule has 2 N–H and O–H groups in total. The van der Waals surface area contributed by atoms with Crippen molar-refractivity contribution in [2.75, 3.05) is 13.1 Å². The summed E-state index contributed by atoms with van der Waals surface area (Å²) in [5.74, 6) is 0.927. The Morgan fingerprint density at radius 1 is 1.33 bits per heavy atom. The minimum absolute atomic E-state index is 0.241. The van der Waals surface area contributed by atoms with Gasteiger partial charge < -0.3 is 10.6 Å². The maximum absolute atomic E-state index is 11.0. The Labute approximate surface area is 72.9 Å². The Bertz CT molecular complexity index is 175. The summed E-state index contributed by atoms with van der Waals surface area (Å²) >= 11 is 0. The SMILES string of the molecule is O=C1CCC(C2CCCNC2)N1. The Kier molecular flexibility index (Phi) is 2.30. The molecule has 68 valence electrons. The highest BCUT2D eigenvalue weighted by Gasteiger charge is 2.29. The largest absolute Gasteiger partial charge is 0.353 e. The molecule has 0 aliphatic carbocycles. The topological polar surface area (TPSA) is 41.1 Å². The molecule has 0 aromatic heterocycles. The van der Waals surface area contributed by atoms with Gasteiger partial charge in [-0.25, -0.2) is 0 Å². The van der Waals surface area contributed by atoms with Gasteiger partial charge in [-0.2, -0.15) is 0 Å². The van der Waals surface area contributed by atoms with E-state index in [1.807, 2.05) is 0 Å². The number of nitrogens with one attached hydrogen (secondary N) is 2. The summed E-state index contributed by atoms with van der Waals surface area (Å²) in [7, 11) is 0. The van der Waals surface area contributed by atoms with Crippen molar-refractivity contribution in [3.63, 3.8) is 0 Å². The van der Waals surface area contributed by atoms with E-state index in [0.717, 1.165) is 25.9 Å². The van der Waals surface area contributed by atoms with Crippen LogP contribution in [0.2, 0.25) is 0 Å². The van der Waals surface area contributed by atoms with E-state index in [2.05, 4.69) is 10.6 Å². The standard InChI is InChI=1S/C9H16N2O/c12-9-4-3-8(11-9)7-2-1-5-10-6-7/h7-8,10H,1-6H2,(H,11,12). The van der Waals surface area contributed by atoms with Crippen LogP contribution < -0.4 is 10.6 Å². The molecule has 2 aliphatic heterocycles. The fourth-order valence-electron chi connectivity index (χ4n) is 2.21. The van der Waals surface area contributed by atoms with Crippen LogP contribution in [0.25, 0.3) is 0 Å². The molecule has 2 aliphatic rings. The second-order valence-corrected chi connectivity index (χ2v) is 3.82. The van der Waals surface area contributed by atoms with Crippen LogP contribution in [-0.4, -0.2) is 25.0 Å². The predicted octanol–water partition coefficient (Wildman–Crippen LogP) is 0.265. The van der Waals surface area contributed by atoms with Crippen LogP contribution in [0.15, 0.2) is 0 Å². The first kappa shape index (κ1) is 8.05. The molecule has 0 radical (unpaired) electrons. The van der Waals surface area contributed by atoms with Gasteiger partial charge in [0.2, 0.25) is 5.91 Å². The van der Waals surface area contributed by atoms with E-state index in [1.165, 1.54) is 12.8 Å². The summed E-state index contributed by atoms with van der Waals surface area (Å²) in [6.45, 7) is 2.24. The van der Waals surface area contributed by atoms with E-state index in [0.29, 0.717) is 12.0 Å². The number of rotatable bonds is 1. The lowest BCUT2D eigenvalue weighted by atomic mass is 9.91. The van der Waals surface area contributed by atoms with Gasteiger partial charge >= 0.3 is 0 Å². The molecule has 2 unspecified atom stereocenters. The van der Waals surface area contributed by atoms with Crippen molar-refractivity contribution in [1.29, 1.82) is 0 Å². The van der Waals surface area contributed by atoms with E-state index in [4.69, 9.17) is 0 Å². The minimum atomic E-state index is 0.241. The van der Waals surface area contributed by atoms with Gasteiger partial charge in [-0.1, -0.05) is 0 Å². The third kappa shape index (κ3) is 1.61. The molecular formula is C9H16N2O. The molecule has 3 nitrogen and oxygen atoms in total. The summed E-state index contributed by atoms with van der Waals surface area (Å²) in [5.41, 5.74) is 0. The lowest BCUT2D eigenvalue weighted by Gasteiger charge is -2.27. The fraction of sp³-hybridized carbons (Fsp3) is 0.889. The molecule has 3 heteroatoms. The van der Waals surface area contributed by atoms with Crippen molar-refractivity contribution in [2.24, 2.45) is 5.92 Å². The number of carbonyl (C=O) groups is 1. The van der Waals surface area contributed by atoms with Gasteiger partial charge in [0.1, 0.15) is 0 Å². The maximum Gasteiger partial charge on any atom is 0.220 e. The molecule has 2 fully saturated rings. The average Bonchev–Trinajstić information content (AvgIpc) is 2.54. The highest BCUT2D eigenvalue weighted by molar-refractivity contribution is 5.78. The van der Waals surface area contributed by atoms with Crippen LogP contribution in [0.3, 0.4) is 0 Å². The molecule has 2 saturated heterocycles. The van der Waals surface area contributed by atoms with Crippen molar-refractivity contribution in [3.05, 3.63) is 0 Å². The maximum atomic E-state index is 11.0. The summed E-state index contributed by atoms with van der Waals surface area (Å²) in [5, 5.41) is 6.42. The number of hydrogen-bond donors (Lipinski definition) is 2. The second-order valence-electron chi connectivity index (χ2n) is 3.82. The number of hydrogen-bond acceptors (Lipinski definition) is 2. The summed E-state index contributed by atoms with van der Waals surface area (Å²) in [6, 6.07) is 0.463. The molecule has 1 amide bonds. The quantitative estimate of drug-likeness (QED) is 0.590. The zero-order chi connectivity index (χ0) is 8.39. The van der Waals surface area contributed by atoms with Crippen molar-refractivity contribution >= 4 is 5.91 Å². The van der Waals surface area contributed by atoms with Crippen LogP contribution in [0.1, 0.15) is 25.7 Å². The van der Waals surface area contributed by atoms with Crippen molar-refractivity contribution in [1.82, 2.24) is 10.6 Å². The first-order valence-electron chi connectivity index (χ1n) is 4.86. The summed E-state index contributed by atoms with van der Waals surface area (Å²) < 4.78 is 0. The van der Waals surface area contributed by atoms with E-state index in [9.17, 15) is 4.79 Å². The lowest BCUT2D eigenvalue weighted by Crippen LogP contribution is -2.41. The Hall–Kier alpha value is -0.570. The van der Waals surface area contributed by atoms with Gasteiger partial charge in [0, 0.05) is 12.5 Å². The van der Waals surface area contributed by atoms with Crippen LogP contribution in [0, 0.1) is 5.92 Å². The average molecular weight is 168 g/mol. The van der Waals surface area contributed by atoms with Gasteiger partial charge in [-0.3, -0.25) is 4.79 Å². The normalized spacial score (nSPS) is 36.5. The minimum Gasteiger partial charge on any atom is -0.353 e. The van der Waals surface area contributed by atoms with E-state index < -0.39 is 0 Å². The van der Waals surface area contributed by atoms with Gasteiger partial charge in [-0.05, 0) is 38.3 Å². The summed E-state index contributed by atoms with van der Waals surface area (Å²) in [4.78, 5) is 11.0.